The summed E-state index contributed by atoms with van der Waals surface area (Å²) in [6.07, 6.45) is 2.27. The molecule has 2 aromatic carbocycles. The Morgan fingerprint density at radius 3 is 2.77 bits per heavy atom. The Balaban J connectivity index is 1.70. The van der Waals surface area contributed by atoms with Crippen LogP contribution in [0.4, 0.5) is 10.1 Å². The number of Topliss-reactive ketones (excluding diaryl/α,β-unsaturated/α-hetero) is 1. The van der Waals surface area contributed by atoms with Crippen LogP contribution in [0, 0.1) is 11.2 Å². The Morgan fingerprint density at radius 2 is 1.94 bits per heavy atom. The molecule has 4 aliphatic heterocycles. The van der Waals surface area contributed by atoms with Crippen LogP contribution in [0.2, 0.25) is 0 Å². The summed E-state index contributed by atoms with van der Waals surface area (Å²) in [6, 6.07) is 14.5. The second-order valence-electron chi connectivity index (χ2n) is 9.53. The lowest BCUT2D eigenvalue weighted by atomic mass is 9.56. The van der Waals surface area contributed by atoms with Crippen molar-refractivity contribution in [3.8, 4) is 0 Å². The van der Waals surface area contributed by atoms with Crippen LogP contribution in [0.5, 0.6) is 0 Å². The van der Waals surface area contributed by atoms with Crippen molar-refractivity contribution in [1.29, 1.82) is 0 Å². The fourth-order valence-electron chi connectivity index (χ4n) is 7.24. The predicted octanol–water partition coefficient (Wildman–Crippen LogP) is 3.13. The van der Waals surface area contributed by atoms with Gasteiger partial charge in [-0.2, -0.15) is 0 Å². The number of rotatable bonds is 1. The number of carbonyl (C=O) groups excluding carboxylic acids is 2. The average Bonchev–Trinajstić information content (AvgIpc) is 3.39. The molecular formula is C25H26FN3O2. The van der Waals surface area contributed by atoms with Crippen molar-refractivity contribution in [3.63, 3.8) is 0 Å². The predicted molar refractivity (Wildman–Crippen MR) is 115 cm³/mol. The van der Waals surface area contributed by atoms with Crippen molar-refractivity contribution in [3.05, 3.63) is 65.5 Å². The van der Waals surface area contributed by atoms with Crippen molar-refractivity contribution in [2.75, 3.05) is 32.0 Å². The van der Waals surface area contributed by atoms with Crippen LogP contribution in [-0.4, -0.2) is 54.2 Å². The third-order valence-electron chi connectivity index (χ3n) is 8.13. The van der Waals surface area contributed by atoms with Gasteiger partial charge in [0.05, 0.1) is 5.41 Å². The number of hydrogen-bond acceptors (Lipinski definition) is 4. The minimum absolute atomic E-state index is 0.0224. The molecule has 6 heteroatoms. The minimum Gasteiger partial charge on any atom is -0.324 e. The molecule has 2 spiro atoms. The molecule has 6 rings (SSSR count). The summed E-state index contributed by atoms with van der Waals surface area (Å²) in [4.78, 5) is 32.5. The van der Waals surface area contributed by atoms with Gasteiger partial charge >= 0.3 is 0 Å². The van der Waals surface area contributed by atoms with E-state index in [0.29, 0.717) is 19.5 Å². The van der Waals surface area contributed by atoms with E-state index in [4.69, 9.17) is 0 Å². The smallest absolute Gasteiger partial charge is 0.250 e. The highest BCUT2D eigenvalue weighted by atomic mass is 19.1. The van der Waals surface area contributed by atoms with Gasteiger partial charge < -0.3 is 10.2 Å². The highest BCUT2D eigenvalue weighted by Gasteiger charge is 2.77. The van der Waals surface area contributed by atoms with E-state index < -0.39 is 11.0 Å². The first-order valence-corrected chi connectivity index (χ1v) is 11.1. The Kier molecular flexibility index (Phi) is 3.99. The largest absolute Gasteiger partial charge is 0.324 e. The fourth-order valence-corrected chi connectivity index (χ4v) is 7.24. The molecule has 0 bridgehead atoms. The number of benzene rings is 2. The number of nitrogens with one attached hydrogen (secondary N) is 1. The molecule has 3 saturated heterocycles. The molecule has 1 amide bonds. The highest BCUT2D eigenvalue weighted by Crippen LogP contribution is 2.68. The number of hydrogen-bond donors (Lipinski definition) is 1. The molecule has 0 saturated carbocycles. The summed E-state index contributed by atoms with van der Waals surface area (Å²) in [7, 11) is 2.02. The molecule has 0 aliphatic carbocycles. The number of amides is 1. The van der Waals surface area contributed by atoms with E-state index in [-0.39, 0.29) is 29.5 Å². The molecule has 31 heavy (non-hydrogen) atoms. The van der Waals surface area contributed by atoms with E-state index in [9.17, 15) is 14.0 Å². The molecule has 4 aliphatic rings. The number of carbonyl (C=O) groups is 2. The third kappa shape index (κ3) is 2.22. The summed E-state index contributed by atoms with van der Waals surface area (Å²) in [5.74, 6) is -0.520. The Bertz CT molecular complexity index is 1100. The van der Waals surface area contributed by atoms with Crippen molar-refractivity contribution < 1.29 is 14.0 Å². The summed E-state index contributed by atoms with van der Waals surface area (Å²) >= 11 is 0. The molecule has 2 aromatic rings. The van der Waals surface area contributed by atoms with Gasteiger partial charge in [0.2, 0.25) is 0 Å². The van der Waals surface area contributed by atoms with Crippen molar-refractivity contribution >= 4 is 17.4 Å². The minimum atomic E-state index is -1.06. The maximum absolute atomic E-state index is 14.4. The molecule has 160 valence electrons. The molecule has 3 fully saturated rings. The normalized spacial score (nSPS) is 35.0. The molecular weight excluding hydrogens is 393 g/mol. The molecule has 0 aromatic heterocycles. The first kappa shape index (κ1) is 19.1. The first-order valence-electron chi connectivity index (χ1n) is 11.1. The summed E-state index contributed by atoms with van der Waals surface area (Å²) < 4.78 is 14.4. The Morgan fingerprint density at radius 1 is 1.10 bits per heavy atom. The fraction of sp³-hybridized carbons (Fsp3) is 0.440. The number of likely N-dealkylation sites (tertiary alicyclic amines) is 1. The number of para-hydroxylation sites is 1. The first-order chi connectivity index (χ1) is 15.0. The summed E-state index contributed by atoms with van der Waals surface area (Å²) in [6.45, 7) is 1.93. The van der Waals surface area contributed by atoms with E-state index in [0.717, 1.165) is 36.2 Å². The lowest BCUT2D eigenvalue weighted by Gasteiger charge is -2.50. The van der Waals surface area contributed by atoms with E-state index in [1.807, 2.05) is 37.4 Å². The molecule has 5 nitrogen and oxygen atoms in total. The van der Waals surface area contributed by atoms with Crippen LogP contribution in [0.3, 0.4) is 0 Å². The number of ketones is 1. The van der Waals surface area contributed by atoms with E-state index in [1.165, 1.54) is 6.07 Å². The van der Waals surface area contributed by atoms with E-state index in [2.05, 4.69) is 15.1 Å². The quantitative estimate of drug-likeness (QED) is 0.772. The van der Waals surface area contributed by atoms with Gasteiger partial charge in [0.15, 0.2) is 0 Å². The molecule has 0 unspecified atom stereocenters. The number of piperidine rings is 1. The van der Waals surface area contributed by atoms with Gasteiger partial charge in [-0.1, -0.05) is 30.3 Å². The average molecular weight is 420 g/mol. The standard InChI is InChI=1S/C25H26FN3O2/c1-28-13-11-21(30)24(15-28)22(16-6-4-7-17(26)14-16)20-10-5-12-29(20)25(24)18-8-2-3-9-19(18)27-23(25)31/h2-4,6-9,14,20,22H,5,10-13,15H2,1H3,(H,27,31)/t20-,22-,24+,25-/m0/s1. The topological polar surface area (TPSA) is 52.7 Å². The molecule has 0 radical (unpaired) electrons. The van der Waals surface area contributed by atoms with Gasteiger partial charge in [0.25, 0.3) is 5.91 Å². The van der Waals surface area contributed by atoms with Gasteiger partial charge in [0.1, 0.15) is 17.1 Å². The number of halogens is 1. The van der Waals surface area contributed by atoms with Crippen LogP contribution < -0.4 is 5.32 Å². The van der Waals surface area contributed by atoms with Crippen molar-refractivity contribution in [2.45, 2.75) is 36.8 Å². The highest BCUT2D eigenvalue weighted by molar-refractivity contribution is 6.11. The van der Waals surface area contributed by atoms with Gasteiger partial charge in [-0.25, -0.2) is 4.39 Å². The van der Waals surface area contributed by atoms with Crippen LogP contribution in [-0.2, 0) is 15.1 Å². The Hall–Kier alpha value is -2.57. The van der Waals surface area contributed by atoms with E-state index in [1.54, 1.807) is 12.1 Å². The second kappa shape index (κ2) is 6.47. The van der Waals surface area contributed by atoms with Gasteiger partial charge in [-0.05, 0) is 50.2 Å². The third-order valence-corrected chi connectivity index (χ3v) is 8.13. The van der Waals surface area contributed by atoms with Crippen LogP contribution in [0.15, 0.2) is 48.5 Å². The number of anilines is 1. The van der Waals surface area contributed by atoms with Crippen molar-refractivity contribution in [1.82, 2.24) is 9.80 Å². The van der Waals surface area contributed by atoms with Gasteiger partial charge in [0, 0.05) is 42.7 Å². The van der Waals surface area contributed by atoms with Crippen LogP contribution in [0.1, 0.15) is 36.3 Å². The number of fused-ring (bicyclic) bond motifs is 5. The molecule has 1 N–H and O–H groups in total. The summed E-state index contributed by atoms with van der Waals surface area (Å²) in [5, 5.41) is 3.11. The van der Waals surface area contributed by atoms with Gasteiger partial charge in [-0.15, -0.1) is 0 Å². The maximum atomic E-state index is 14.4. The number of nitrogens with zero attached hydrogens (tertiary/aromatic N) is 2. The van der Waals surface area contributed by atoms with Crippen LogP contribution >= 0.6 is 0 Å². The van der Waals surface area contributed by atoms with Crippen molar-refractivity contribution in [2.24, 2.45) is 5.41 Å². The zero-order valence-electron chi connectivity index (χ0n) is 17.6. The lowest BCUT2D eigenvalue weighted by Crippen LogP contribution is -2.65. The van der Waals surface area contributed by atoms with Crippen LogP contribution in [0.25, 0.3) is 0 Å². The Labute approximate surface area is 181 Å². The van der Waals surface area contributed by atoms with Gasteiger partial charge in [-0.3, -0.25) is 14.5 Å². The SMILES string of the molecule is CN1CCC(=O)[C@]2(C1)[C@@H](c1cccc(F)c1)[C@@H]1CCCN1[C@@]21C(=O)Nc2ccccc21. The lowest BCUT2D eigenvalue weighted by molar-refractivity contribution is -0.151. The second-order valence-corrected chi connectivity index (χ2v) is 9.53. The summed E-state index contributed by atoms with van der Waals surface area (Å²) in [5.41, 5.74) is 0.491. The van der Waals surface area contributed by atoms with E-state index >= 15 is 0 Å². The monoisotopic (exact) mass is 419 g/mol. The molecule has 4 atom stereocenters. The maximum Gasteiger partial charge on any atom is 0.250 e. The zero-order chi connectivity index (χ0) is 21.4. The zero-order valence-corrected chi connectivity index (χ0v) is 17.6. The molecule has 4 heterocycles.